The van der Waals surface area contributed by atoms with E-state index < -0.39 is 0 Å². The third-order valence-electron chi connectivity index (χ3n) is 3.56. The SMILES string of the molecule is CCc1cccc(NC(=O)CSc2nc(C)c(C)c(C)n2)c1. The van der Waals surface area contributed by atoms with E-state index in [1.165, 1.54) is 17.3 Å². The van der Waals surface area contributed by atoms with Gasteiger partial charge in [-0.2, -0.15) is 0 Å². The highest BCUT2D eigenvalue weighted by Gasteiger charge is 2.08. The smallest absolute Gasteiger partial charge is 0.234 e. The number of nitrogens with one attached hydrogen (secondary N) is 1. The molecule has 0 aliphatic heterocycles. The number of hydrogen-bond donors (Lipinski definition) is 1. The molecule has 5 heteroatoms. The van der Waals surface area contributed by atoms with Gasteiger partial charge >= 0.3 is 0 Å². The number of carbonyl (C=O) groups is 1. The monoisotopic (exact) mass is 315 g/mol. The highest BCUT2D eigenvalue weighted by Crippen LogP contribution is 2.18. The Bertz CT molecular complexity index is 662. The van der Waals surface area contributed by atoms with E-state index in [0.717, 1.165) is 29.1 Å². The number of hydrogen-bond acceptors (Lipinski definition) is 4. The Morgan fingerprint density at radius 2 is 1.86 bits per heavy atom. The largest absolute Gasteiger partial charge is 0.325 e. The third-order valence-corrected chi connectivity index (χ3v) is 4.41. The molecule has 2 rings (SSSR count). The second-order valence-electron chi connectivity index (χ2n) is 5.19. The number of nitrogens with zero attached hydrogens (tertiary/aromatic N) is 2. The van der Waals surface area contributed by atoms with Gasteiger partial charge in [0.2, 0.25) is 5.91 Å². The lowest BCUT2D eigenvalue weighted by Crippen LogP contribution is -2.14. The maximum atomic E-state index is 12.0. The second kappa shape index (κ2) is 7.40. The van der Waals surface area contributed by atoms with E-state index in [2.05, 4.69) is 28.3 Å². The van der Waals surface area contributed by atoms with E-state index in [0.29, 0.717) is 10.9 Å². The van der Waals surface area contributed by atoms with Gasteiger partial charge in [0.15, 0.2) is 5.16 Å². The molecule has 0 bridgehead atoms. The van der Waals surface area contributed by atoms with Crippen LogP contribution in [0.5, 0.6) is 0 Å². The van der Waals surface area contributed by atoms with Crippen LogP contribution in [0.25, 0.3) is 0 Å². The molecule has 2 aromatic rings. The predicted molar refractivity (Wildman–Crippen MR) is 91.4 cm³/mol. The number of amides is 1. The minimum absolute atomic E-state index is 0.0438. The van der Waals surface area contributed by atoms with E-state index in [1.807, 2.05) is 39.0 Å². The summed E-state index contributed by atoms with van der Waals surface area (Å²) in [5, 5.41) is 3.56. The lowest BCUT2D eigenvalue weighted by Gasteiger charge is -2.08. The number of rotatable bonds is 5. The Hall–Kier alpha value is -1.88. The van der Waals surface area contributed by atoms with Gasteiger partial charge in [0.25, 0.3) is 0 Å². The zero-order chi connectivity index (χ0) is 16.1. The molecule has 0 aliphatic rings. The van der Waals surface area contributed by atoms with E-state index >= 15 is 0 Å². The molecule has 0 saturated carbocycles. The van der Waals surface area contributed by atoms with Crippen molar-refractivity contribution in [3.8, 4) is 0 Å². The van der Waals surface area contributed by atoms with Crippen molar-refractivity contribution >= 4 is 23.4 Å². The molecule has 0 radical (unpaired) electrons. The van der Waals surface area contributed by atoms with Crippen LogP contribution in [0, 0.1) is 20.8 Å². The van der Waals surface area contributed by atoms with E-state index in [9.17, 15) is 4.79 Å². The second-order valence-corrected chi connectivity index (χ2v) is 6.14. The van der Waals surface area contributed by atoms with Gasteiger partial charge in [-0.3, -0.25) is 4.79 Å². The molecule has 4 nitrogen and oxygen atoms in total. The first kappa shape index (κ1) is 16.5. The minimum atomic E-state index is -0.0438. The molecule has 0 unspecified atom stereocenters. The maximum Gasteiger partial charge on any atom is 0.234 e. The quantitative estimate of drug-likeness (QED) is 0.675. The molecule has 22 heavy (non-hydrogen) atoms. The molecule has 1 amide bonds. The highest BCUT2D eigenvalue weighted by atomic mass is 32.2. The summed E-state index contributed by atoms with van der Waals surface area (Å²) >= 11 is 1.36. The standard InChI is InChI=1S/C17H21N3OS/c1-5-14-7-6-8-15(9-14)20-16(21)10-22-17-18-12(3)11(2)13(4)19-17/h6-9H,5,10H2,1-4H3,(H,20,21). The fraction of sp³-hybridized carbons (Fsp3) is 0.353. The average molecular weight is 315 g/mol. The third kappa shape index (κ3) is 4.31. The van der Waals surface area contributed by atoms with Crippen LogP contribution in [0.1, 0.15) is 29.4 Å². The summed E-state index contributed by atoms with van der Waals surface area (Å²) < 4.78 is 0. The Kier molecular flexibility index (Phi) is 5.55. The van der Waals surface area contributed by atoms with Crippen molar-refractivity contribution < 1.29 is 4.79 Å². The number of aromatic nitrogens is 2. The minimum Gasteiger partial charge on any atom is -0.325 e. The highest BCUT2D eigenvalue weighted by molar-refractivity contribution is 7.99. The Morgan fingerprint density at radius 1 is 1.18 bits per heavy atom. The van der Waals surface area contributed by atoms with E-state index in [-0.39, 0.29) is 5.91 Å². The first-order valence-electron chi connectivity index (χ1n) is 7.33. The molecule has 0 aliphatic carbocycles. The normalized spacial score (nSPS) is 10.5. The van der Waals surface area contributed by atoms with Crippen LogP contribution in [0.3, 0.4) is 0 Å². The number of benzene rings is 1. The fourth-order valence-corrected chi connectivity index (χ4v) is 2.74. The molecule has 1 aromatic heterocycles. The lowest BCUT2D eigenvalue weighted by molar-refractivity contribution is -0.113. The van der Waals surface area contributed by atoms with Crippen molar-refractivity contribution in [3.05, 3.63) is 46.8 Å². The van der Waals surface area contributed by atoms with Crippen LogP contribution in [-0.2, 0) is 11.2 Å². The van der Waals surface area contributed by atoms with Gasteiger partial charge in [0, 0.05) is 17.1 Å². The van der Waals surface area contributed by atoms with E-state index in [1.54, 1.807) is 0 Å². The Labute approximate surface area is 135 Å². The molecular formula is C17H21N3OS. The fourth-order valence-electron chi connectivity index (χ4n) is 2.00. The molecule has 1 heterocycles. The van der Waals surface area contributed by atoms with Gasteiger partial charge in [0.1, 0.15) is 0 Å². The number of anilines is 1. The van der Waals surface area contributed by atoms with Gasteiger partial charge in [-0.05, 0) is 50.5 Å². The Balaban J connectivity index is 1.95. The number of aryl methyl sites for hydroxylation is 3. The number of thioether (sulfide) groups is 1. The lowest BCUT2D eigenvalue weighted by atomic mass is 10.1. The first-order chi connectivity index (χ1) is 10.5. The van der Waals surface area contributed by atoms with Gasteiger partial charge < -0.3 is 5.32 Å². The zero-order valence-electron chi connectivity index (χ0n) is 13.4. The zero-order valence-corrected chi connectivity index (χ0v) is 14.3. The van der Waals surface area contributed by atoms with Crippen molar-refractivity contribution in [2.75, 3.05) is 11.1 Å². The van der Waals surface area contributed by atoms with Gasteiger partial charge in [-0.1, -0.05) is 30.8 Å². The van der Waals surface area contributed by atoms with E-state index in [4.69, 9.17) is 0 Å². The van der Waals surface area contributed by atoms with Crippen LogP contribution in [0.2, 0.25) is 0 Å². The molecule has 0 fully saturated rings. The summed E-state index contributed by atoms with van der Waals surface area (Å²) in [6.07, 6.45) is 0.953. The number of carbonyl (C=O) groups excluding carboxylic acids is 1. The molecular weight excluding hydrogens is 294 g/mol. The molecule has 0 atom stereocenters. The van der Waals surface area contributed by atoms with Crippen molar-refractivity contribution in [2.24, 2.45) is 0 Å². The van der Waals surface area contributed by atoms with Gasteiger partial charge in [0.05, 0.1) is 5.75 Å². The van der Waals surface area contributed by atoms with Crippen LogP contribution < -0.4 is 5.32 Å². The van der Waals surface area contributed by atoms with Crippen LogP contribution in [-0.4, -0.2) is 21.6 Å². The van der Waals surface area contributed by atoms with Gasteiger partial charge in [-0.15, -0.1) is 0 Å². The predicted octanol–water partition coefficient (Wildman–Crippen LogP) is 3.70. The molecule has 1 aromatic carbocycles. The summed E-state index contributed by atoms with van der Waals surface area (Å²) in [6.45, 7) is 8.03. The summed E-state index contributed by atoms with van der Waals surface area (Å²) in [5.74, 6) is 0.260. The summed E-state index contributed by atoms with van der Waals surface area (Å²) in [4.78, 5) is 20.9. The van der Waals surface area contributed by atoms with Crippen molar-refractivity contribution in [1.29, 1.82) is 0 Å². The van der Waals surface area contributed by atoms with Gasteiger partial charge in [-0.25, -0.2) is 9.97 Å². The summed E-state index contributed by atoms with van der Waals surface area (Å²) in [6, 6.07) is 7.91. The average Bonchev–Trinajstić information content (AvgIpc) is 2.50. The Morgan fingerprint density at radius 3 is 2.50 bits per heavy atom. The molecule has 0 spiro atoms. The molecule has 116 valence electrons. The molecule has 1 N–H and O–H groups in total. The maximum absolute atomic E-state index is 12.0. The summed E-state index contributed by atoms with van der Waals surface area (Å²) in [5.41, 5.74) is 5.07. The first-order valence-corrected chi connectivity index (χ1v) is 8.31. The van der Waals surface area contributed by atoms with Crippen LogP contribution in [0.4, 0.5) is 5.69 Å². The van der Waals surface area contributed by atoms with Crippen LogP contribution >= 0.6 is 11.8 Å². The molecule has 0 saturated heterocycles. The summed E-state index contributed by atoms with van der Waals surface area (Å²) in [7, 11) is 0. The van der Waals surface area contributed by atoms with Crippen molar-refractivity contribution in [1.82, 2.24) is 9.97 Å². The topological polar surface area (TPSA) is 54.9 Å². The van der Waals surface area contributed by atoms with Crippen molar-refractivity contribution in [2.45, 2.75) is 39.3 Å². The van der Waals surface area contributed by atoms with Crippen molar-refractivity contribution in [3.63, 3.8) is 0 Å². The van der Waals surface area contributed by atoms with Crippen LogP contribution in [0.15, 0.2) is 29.4 Å².